The van der Waals surface area contributed by atoms with Gasteiger partial charge in [0.05, 0.1) is 11.6 Å². The molecule has 0 radical (unpaired) electrons. The third kappa shape index (κ3) is 2.03. The summed E-state index contributed by atoms with van der Waals surface area (Å²) in [7, 11) is 0. The van der Waals surface area contributed by atoms with Crippen molar-refractivity contribution in [3.63, 3.8) is 0 Å². The molecule has 1 aromatic heterocycles. The van der Waals surface area contributed by atoms with E-state index < -0.39 is 5.97 Å². The van der Waals surface area contributed by atoms with Crippen molar-refractivity contribution in [2.24, 2.45) is 5.92 Å². The number of carbonyl (C=O) groups is 1. The minimum absolute atomic E-state index is 0.279. The van der Waals surface area contributed by atoms with E-state index in [9.17, 15) is 4.79 Å². The molecule has 1 heterocycles. The van der Waals surface area contributed by atoms with E-state index in [-0.39, 0.29) is 5.92 Å². The van der Waals surface area contributed by atoms with E-state index in [0.29, 0.717) is 6.42 Å². The van der Waals surface area contributed by atoms with Crippen LogP contribution in [0, 0.1) is 5.92 Å². The molecule has 0 bridgehead atoms. The van der Waals surface area contributed by atoms with Crippen LogP contribution in [0.2, 0.25) is 0 Å². The number of rotatable bonds is 4. The Morgan fingerprint density at radius 3 is 3.13 bits per heavy atom. The molecule has 4 nitrogen and oxygen atoms in total. The first kappa shape index (κ1) is 10.2. The van der Waals surface area contributed by atoms with Crippen LogP contribution in [0.25, 0.3) is 0 Å². The van der Waals surface area contributed by atoms with Crippen molar-refractivity contribution in [3.05, 3.63) is 17.0 Å². The summed E-state index contributed by atoms with van der Waals surface area (Å²) in [6.45, 7) is 1.75. The highest BCUT2D eigenvalue weighted by Gasteiger charge is 2.19. The third-order valence-electron chi connectivity index (χ3n) is 3.13. The molecule has 0 saturated carbocycles. The monoisotopic (exact) mass is 208 g/mol. The second-order valence-electron chi connectivity index (χ2n) is 4.26. The molecule has 0 aliphatic heterocycles. The van der Waals surface area contributed by atoms with Crippen molar-refractivity contribution < 1.29 is 9.90 Å². The molecule has 15 heavy (non-hydrogen) atoms. The Balaban J connectivity index is 1.97. The predicted octanol–water partition coefficient (Wildman–Crippen LogP) is 1.55. The third-order valence-corrected chi connectivity index (χ3v) is 3.13. The molecule has 2 N–H and O–H groups in total. The molecule has 1 unspecified atom stereocenters. The highest BCUT2D eigenvalue weighted by molar-refractivity contribution is 5.69. The number of fused-ring (bicyclic) bond motifs is 1. The fraction of sp³-hybridized carbons (Fsp3) is 0.636. The minimum atomic E-state index is -0.720. The predicted molar refractivity (Wildman–Crippen MR) is 55.7 cm³/mol. The van der Waals surface area contributed by atoms with Crippen LogP contribution in [0.1, 0.15) is 36.7 Å². The van der Waals surface area contributed by atoms with E-state index >= 15 is 0 Å². The first-order chi connectivity index (χ1) is 7.18. The number of carboxylic acids is 1. The maximum Gasteiger partial charge on any atom is 0.306 e. The zero-order chi connectivity index (χ0) is 10.8. The van der Waals surface area contributed by atoms with Crippen LogP contribution in [-0.2, 0) is 24.1 Å². The lowest BCUT2D eigenvalue weighted by Crippen LogP contribution is -2.10. The molecule has 0 spiro atoms. The molecule has 1 aliphatic carbocycles. The number of aromatic nitrogens is 2. The number of nitrogens with one attached hydrogen (secondary N) is 1. The number of aromatic amines is 1. The van der Waals surface area contributed by atoms with Crippen LogP contribution in [0.15, 0.2) is 0 Å². The van der Waals surface area contributed by atoms with Gasteiger partial charge in [0.1, 0.15) is 0 Å². The van der Waals surface area contributed by atoms with Gasteiger partial charge in [0.2, 0.25) is 0 Å². The van der Waals surface area contributed by atoms with Crippen LogP contribution in [-0.4, -0.2) is 21.3 Å². The molecule has 0 fully saturated rings. The Bertz CT molecular complexity index is 371. The number of carboxylic acid groups (broad SMARTS) is 1. The maximum atomic E-state index is 10.7. The van der Waals surface area contributed by atoms with Crippen molar-refractivity contribution in [3.8, 4) is 0 Å². The lowest BCUT2D eigenvalue weighted by molar-refractivity contribution is -0.141. The average molecular weight is 208 g/mol. The number of aryl methyl sites for hydroxylation is 2. The van der Waals surface area contributed by atoms with E-state index in [0.717, 1.165) is 25.0 Å². The van der Waals surface area contributed by atoms with Gasteiger partial charge in [0, 0.05) is 5.69 Å². The van der Waals surface area contributed by atoms with Gasteiger partial charge in [-0.1, -0.05) is 6.92 Å². The number of H-pyrrole nitrogens is 1. The Morgan fingerprint density at radius 2 is 2.40 bits per heavy atom. The van der Waals surface area contributed by atoms with E-state index in [4.69, 9.17) is 5.11 Å². The van der Waals surface area contributed by atoms with Crippen molar-refractivity contribution in [2.75, 3.05) is 0 Å². The number of hydrogen-bond acceptors (Lipinski definition) is 2. The largest absolute Gasteiger partial charge is 0.481 e. The maximum absolute atomic E-state index is 10.7. The van der Waals surface area contributed by atoms with E-state index in [2.05, 4.69) is 10.2 Å². The van der Waals surface area contributed by atoms with Crippen LogP contribution in [0.3, 0.4) is 0 Å². The Hall–Kier alpha value is -1.32. The Labute approximate surface area is 88.7 Å². The molecule has 0 aromatic carbocycles. The zero-order valence-corrected chi connectivity index (χ0v) is 8.92. The molecular formula is C11H16N2O2. The normalized spacial score (nSPS) is 16.3. The lowest BCUT2D eigenvalue weighted by atomic mass is 10.0. The summed E-state index contributed by atoms with van der Waals surface area (Å²) in [5.74, 6) is -0.999. The summed E-state index contributed by atoms with van der Waals surface area (Å²) in [4.78, 5) is 10.7. The Morgan fingerprint density at radius 1 is 1.60 bits per heavy atom. The van der Waals surface area contributed by atoms with E-state index in [1.807, 2.05) is 0 Å². The molecule has 1 aromatic rings. The smallest absolute Gasteiger partial charge is 0.306 e. The van der Waals surface area contributed by atoms with E-state index in [1.165, 1.54) is 17.7 Å². The Kier molecular flexibility index (Phi) is 2.75. The molecule has 1 aliphatic rings. The van der Waals surface area contributed by atoms with Gasteiger partial charge in [-0.15, -0.1) is 0 Å². The van der Waals surface area contributed by atoms with Crippen LogP contribution < -0.4 is 0 Å². The molecule has 2 rings (SSSR count). The molecular weight excluding hydrogens is 192 g/mol. The van der Waals surface area contributed by atoms with Crippen LogP contribution in [0.4, 0.5) is 0 Å². The SMILES string of the molecule is CC(CCc1n[nH]c2c1CCC2)C(=O)O. The standard InChI is InChI=1S/C11H16N2O2/c1-7(11(14)15)5-6-10-8-3-2-4-9(8)12-13-10/h7H,2-6H2,1H3,(H,12,13)(H,14,15). The number of aliphatic carboxylic acids is 1. The molecule has 0 amide bonds. The summed E-state index contributed by atoms with van der Waals surface area (Å²) in [6.07, 6.45) is 4.84. The highest BCUT2D eigenvalue weighted by atomic mass is 16.4. The van der Waals surface area contributed by atoms with Gasteiger partial charge in [0.15, 0.2) is 0 Å². The fourth-order valence-corrected chi connectivity index (χ4v) is 2.07. The molecule has 4 heteroatoms. The van der Waals surface area contributed by atoms with Crippen molar-refractivity contribution in [1.29, 1.82) is 0 Å². The van der Waals surface area contributed by atoms with Gasteiger partial charge in [0.25, 0.3) is 0 Å². The minimum Gasteiger partial charge on any atom is -0.481 e. The summed E-state index contributed by atoms with van der Waals surface area (Å²) in [5, 5.41) is 16.1. The van der Waals surface area contributed by atoms with Crippen molar-refractivity contribution >= 4 is 5.97 Å². The summed E-state index contributed by atoms with van der Waals surface area (Å²) < 4.78 is 0. The second kappa shape index (κ2) is 4.04. The van der Waals surface area contributed by atoms with Gasteiger partial charge < -0.3 is 5.11 Å². The van der Waals surface area contributed by atoms with Crippen LogP contribution in [0.5, 0.6) is 0 Å². The lowest BCUT2D eigenvalue weighted by Gasteiger charge is -2.04. The van der Waals surface area contributed by atoms with Gasteiger partial charge >= 0.3 is 5.97 Å². The first-order valence-corrected chi connectivity index (χ1v) is 5.46. The van der Waals surface area contributed by atoms with Crippen molar-refractivity contribution in [1.82, 2.24) is 10.2 Å². The molecule has 82 valence electrons. The summed E-state index contributed by atoms with van der Waals surface area (Å²) in [5.41, 5.74) is 3.68. The van der Waals surface area contributed by atoms with Gasteiger partial charge in [-0.2, -0.15) is 5.10 Å². The zero-order valence-electron chi connectivity index (χ0n) is 8.92. The number of hydrogen-bond donors (Lipinski definition) is 2. The van der Waals surface area contributed by atoms with E-state index in [1.54, 1.807) is 6.92 Å². The fourth-order valence-electron chi connectivity index (χ4n) is 2.07. The second-order valence-corrected chi connectivity index (χ2v) is 4.26. The van der Waals surface area contributed by atoms with Gasteiger partial charge in [-0.3, -0.25) is 9.89 Å². The average Bonchev–Trinajstić information content (AvgIpc) is 2.76. The van der Waals surface area contributed by atoms with Gasteiger partial charge in [-0.25, -0.2) is 0 Å². The molecule has 0 saturated heterocycles. The first-order valence-electron chi connectivity index (χ1n) is 5.46. The van der Waals surface area contributed by atoms with Gasteiger partial charge in [-0.05, 0) is 37.7 Å². The highest BCUT2D eigenvalue weighted by Crippen LogP contribution is 2.24. The quantitative estimate of drug-likeness (QED) is 0.789. The number of nitrogens with zero attached hydrogens (tertiary/aromatic N) is 1. The molecule has 1 atom stereocenters. The van der Waals surface area contributed by atoms with Crippen molar-refractivity contribution in [2.45, 2.75) is 39.0 Å². The van der Waals surface area contributed by atoms with Crippen LogP contribution >= 0.6 is 0 Å². The summed E-state index contributed by atoms with van der Waals surface area (Å²) in [6, 6.07) is 0. The topological polar surface area (TPSA) is 66.0 Å². The summed E-state index contributed by atoms with van der Waals surface area (Å²) >= 11 is 0.